The number of aliphatic imine (C=N–C) groups is 1. The molecule has 1 fully saturated rings. The summed E-state index contributed by atoms with van der Waals surface area (Å²) in [5.74, 6) is -0.236. The maximum atomic E-state index is 10.1. The van der Waals surface area contributed by atoms with Crippen molar-refractivity contribution in [2.45, 2.75) is 43.8 Å². The Kier molecular flexibility index (Phi) is 4.53. The molecule has 0 amide bonds. The Balaban J connectivity index is 2.12. The van der Waals surface area contributed by atoms with Gasteiger partial charge in [-0.3, -0.25) is 4.99 Å². The van der Waals surface area contributed by atoms with Gasteiger partial charge >= 0.3 is 0 Å². The summed E-state index contributed by atoms with van der Waals surface area (Å²) in [5, 5.41) is 30.4. The Morgan fingerprint density at radius 1 is 1.28 bits per heavy atom. The first-order chi connectivity index (χ1) is 8.62. The smallest absolute Gasteiger partial charge is 0.159 e. The molecular formula is C12H22N2O3S. The molecule has 0 aromatic carbocycles. The summed E-state index contributed by atoms with van der Waals surface area (Å²) >= 11 is 1.67. The summed E-state index contributed by atoms with van der Waals surface area (Å²) < 4.78 is 0. The Morgan fingerprint density at radius 2 is 1.94 bits per heavy atom. The lowest BCUT2D eigenvalue weighted by Gasteiger charge is -2.37. The lowest BCUT2D eigenvalue weighted by atomic mass is 9.81. The van der Waals surface area contributed by atoms with Crippen molar-refractivity contribution >= 4 is 16.9 Å². The van der Waals surface area contributed by atoms with Crippen molar-refractivity contribution in [2.75, 3.05) is 19.7 Å². The normalized spacial score (nSPS) is 39.4. The summed E-state index contributed by atoms with van der Waals surface area (Å²) in [5.41, 5.74) is 0. The summed E-state index contributed by atoms with van der Waals surface area (Å²) in [6.45, 7) is 5.86. The molecule has 0 aromatic rings. The third-order valence-corrected chi connectivity index (χ3v) is 5.23. The largest absolute Gasteiger partial charge is 0.396 e. The number of thioether (sulfide) groups is 1. The third kappa shape index (κ3) is 2.39. The van der Waals surface area contributed by atoms with Crippen molar-refractivity contribution < 1.29 is 15.3 Å². The second-order valence-electron chi connectivity index (χ2n) is 4.89. The molecular weight excluding hydrogens is 252 g/mol. The Morgan fingerprint density at radius 3 is 2.50 bits per heavy atom. The van der Waals surface area contributed by atoms with Gasteiger partial charge in [0.25, 0.3) is 0 Å². The molecule has 0 bridgehead atoms. The minimum absolute atomic E-state index is 0.0807. The zero-order valence-electron chi connectivity index (χ0n) is 10.9. The highest BCUT2D eigenvalue weighted by Gasteiger charge is 2.47. The van der Waals surface area contributed by atoms with Gasteiger partial charge in [0.2, 0.25) is 0 Å². The Hall–Kier alpha value is -0.300. The van der Waals surface area contributed by atoms with E-state index in [0.29, 0.717) is 6.42 Å². The van der Waals surface area contributed by atoms with Crippen LogP contribution in [0.4, 0.5) is 0 Å². The third-order valence-electron chi connectivity index (χ3n) is 3.88. The van der Waals surface area contributed by atoms with Gasteiger partial charge in [-0.15, -0.1) is 0 Å². The van der Waals surface area contributed by atoms with Crippen molar-refractivity contribution in [1.82, 2.24) is 4.90 Å². The van der Waals surface area contributed by atoms with Gasteiger partial charge in [-0.2, -0.15) is 0 Å². The maximum Gasteiger partial charge on any atom is 0.159 e. The van der Waals surface area contributed by atoms with Crippen molar-refractivity contribution in [2.24, 2.45) is 10.9 Å². The number of amidine groups is 1. The van der Waals surface area contributed by atoms with E-state index >= 15 is 0 Å². The molecule has 1 saturated carbocycles. The average Bonchev–Trinajstić information content (AvgIpc) is 2.79. The van der Waals surface area contributed by atoms with E-state index in [2.05, 4.69) is 23.7 Å². The molecule has 1 aliphatic carbocycles. The van der Waals surface area contributed by atoms with Crippen molar-refractivity contribution in [1.29, 1.82) is 0 Å². The molecule has 0 radical (unpaired) electrons. The van der Waals surface area contributed by atoms with Gasteiger partial charge in [0.05, 0.1) is 12.1 Å². The van der Waals surface area contributed by atoms with Gasteiger partial charge in [0, 0.05) is 30.9 Å². The zero-order chi connectivity index (χ0) is 13.3. The molecule has 2 rings (SSSR count). The van der Waals surface area contributed by atoms with E-state index in [9.17, 15) is 15.3 Å². The minimum Gasteiger partial charge on any atom is -0.396 e. The molecule has 5 atom stereocenters. The summed E-state index contributed by atoms with van der Waals surface area (Å²) in [6, 6.07) is -0.233. The summed E-state index contributed by atoms with van der Waals surface area (Å²) in [7, 11) is 0. The molecule has 5 nitrogen and oxygen atoms in total. The van der Waals surface area contributed by atoms with Crippen molar-refractivity contribution in [3.63, 3.8) is 0 Å². The molecule has 2 aliphatic rings. The molecule has 104 valence electrons. The molecule has 6 heteroatoms. The molecule has 0 spiro atoms. The highest BCUT2D eigenvalue weighted by Crippen LogP contribution is 2.40. The molecule has 3 N–H and O–H groups in total. The summed E-state index contributed by atoms with van der Waals surface area (Å²) in [6.07, 6.45) is -1.02. The SMILES string of the molecule is CCN(CC)C1=N[C@H]2[C@@H](O)[C@H](O)[C@@H](CO)C[C@H]2S1. The van der Waals surface area contributed by atoms with Crippen LogP contribution in [0.25, 0.3) is 0 Å². The van der Waals surface area contributed by atoms with E-state index in [1.807, 2.05) is 0 Å². The van der Waals surface area contributed by atoms with Crippen LogP contribution in [0.3, 0.4) is 0 Å². The van der Waals surface area contributed by atoms with Gasteiger partial charge < -0.3 is 20.2 Å². The zero-order valence-corrected chi connectivity index (χ0v) is 11.7. The number of aliphatic hydroxyl groups is 3. The standard InChI is InChI=1S/C12H22N2O3S/c1-3-14(4-2)12-13-9-8(18-12)5-7(6-15)10(16)11(9)17/h7-11,15-17H,3-6H2,1-2H3/t7-,8-,9-,10-,11-/m1/s1. The van der Waals surface area contributed by atoms with Crippen LogP contribution in [-0.4, -0.2) is 68.6 Å². The van der Waals surface area contributed by atoms with Crippen LogP contribution in [0.15, 0.2) is 4.99 Å². The van der Waals surface area contributed by atoms with E-state index in [-0.39, 0.29) is 23.8 Å². The lowest BCUT2D eigenvalue weighted by Crippen LogP contribution is -2.51. The second-order valence-corrected chi connectivity index (χ2v) is 6.10. The first-order valence-corrected chi connectivity index (χ1v) is 7.46. The Bertz CT molecular complexity index is 322. The molecule has 18 heavy (non-hydrogen) atoms. The molecule has 0 unspecified atom stereocenters. The van der Waals surface area contributed by atoms with Gasteiger partial charge in [-0.05, 0) is 20.3 Å². The van der Waals surface area contributed by atoms with Crippen LogP contribution in [-0.2, 0) is 0 Å². The molecule has 1 aliphatic heterocycles. The van der Waals surface area contributed by atoms with Gasteiger partial charge in [-0.25, -0.2) is 0 Å². The predicted molar refractivity (Wildman–Crippen MR) is 72.7 cm³/mol. The van der Waals surface area contributed by atoms with Gasteiger partial charge in [0.15, 0.2) is 5.17 Å². The fourth-order valence-electron chi connectivity index (χ4n) is 2.68. The Labute approximate surface area is 112 Å². The van der Waals surface area contributed by atoms with E-state index in [1.165, 1.54) is 0 Å². The lowest BCUT2D eigenvalue weighted by molar-refractivity contribution is -0.0646. The maximum absolute atomic E-state index is 10.1. The fourth-order valence-corrected chi connectivity index (χ4v) is 4.25. The number of fused-ring (bicyclic) bond motifs is 1. The predicted octanol–water partition coefficient (Wildman–Crippen LogP) is -0.0978. The highest BCUT2D eigenvalue weighted by molar-refractivity contribution is 8.14. The van der Waals surface area contributed by atoms with Crippen LogP contribution >= 0.6 is 11.8 Å². The summed E-state index contributed by atoms with van der Waals surface area (Å²) in [4.78, 5) is 6.73. The number of nitrogens with zero attached hydrogens (tertiary/aromatic N) is 2. The van der Waals surface area contributed by atoms with Crippen LogP contribution in [0.2, 0.25) is 0 Å². The first kappa shape index (κ1) is 14.1. The van der Waals surface area contributed by atoms with Crippen LogP contribution < -0.4 is 0 Å². The molecule has 0 saturated heterocycles. The topological polar surface area (TPSA) is 76.3 Å². The number of hydrogen-bond acceptors (Lipinski definition) is 6. The molecule has 1 heterocycles. The first-order valence-electron chi connectivity index (χ1n) is 6.58. The van der Waals surface area contributed by atoms with E-state index < -0.39 is 12.2 Å². The fraction of sp³-hybridized carbons (Fsp3) is 0.917. The van der Waals surface area contributed by atoms with Crippen LogP contribution in [0, 0.1) is 5.92 Å². The second kappa shape index (κ2) is 5.77. The number of aliphatic hydroxyl groups excluding tert-OH is 3. The minimum atomic E-state index is -0.864. The average molecular weight is 274 g/mol. The highest BCUT2D eigenvalue weighted by atomic mass is 32.2. The van der Waals surface area contributed by atoms with Crippen LogP contribution in [0.5, 0.6) is 0 Å². The van der Waals surface area contributed by atoms with Gasteiger partial charge in [-0.1, -0.05) is 11.8 Å². The van der Waals surface area contributed by atoms with E-state index in [4.69, 9.17) is 0 Å². The van der Waals surface area contributed by atoms with E-state index in [1.54, 1.807) is 11.8 Å². The van der Waals surface area contributed by atoms with Crippen molar-refractivity contribution in [3.8, 4) is 0 Å². The van der Waals surface area contributed by atoms with E-state index in [0.717, 1.165) is 18.3 Å². The van der Waals surface area contributed by atoms with Crippen LogP contribution in [0.1, 0.15) is 20.3 Å². The van der Waals surface area contributed by atoms with Crippen molar-refractivity contribution in [3.05, 3.63) is 0 Å². The quantitative estimate of drug-likeness (QED) is 0.670. The number of rotatable bonds is 3. The monoisotopic (exact) mass is 274 g/mol. The van der Waals surface area contributed by atoms with Gasteiger partial charge in [0.1, 0.15) is 6.10 Å². The molecule has 0 aromatic heterocycles. The number of hydrogen-bond donors (Lipinski definition) is 3.